The number of anilines is 2. The number of rotatable bonds is 4. The van der Waals surface area contributed by atoms with Gasteiger partial charge in [-0.05, 0) is 37.3 Å². The van der Waals surface area contributed by atoms with Gasteiger partial charge in [-0.1, -0.05) is 22.0 Å². The Morgan fingerprint density at radius 1 is 1.21 bits per heavy atom. The third kappa shape index (κ3) is 4.13. The summed E-state index contributed by atoms with van der Waals surface area (Å²) in [6.45, 7) is 5.82. The fourth-order valence-corrected chi connectivity index (χ4v) is 3.28. The van der Waals surface area contributed by atoms with Gasteiger partial charge in [0.1, 0.15) is 26.2 Å². The SMILES string of the molecule is C[C@@H](C(=O)Nc1ccc(Br)cc1)[NH+]1CCN(c2cccc[nH+]2)CC1. The van der Waals surface area contributed by atoms with Gasteiger partial charge < -0.3 is 10.2 Å². The summed E-state index contributed by atoms with van der Waals surface area (Å²) in [6.07, 6.45) is 1.95. The first kappa shape index (κ1) is 16.9. The summed E-state index contributed by atoms with van der Waals surface area (Å²) in [5, 5.41) is 3.01. The number of piperazine rings is 1. The van der Waals surface area contributed by atoms with Crippen LogP contribution in [-0.2, 0) is 4.79 Å². The molecule has 1 aliphatic rings. The summed E-state index contributed by atoms with van der Waals surface area (Å²) in [6, 6.07) is 13.7. The number of quaternary nitrogens is 1. The number of carbonyl (C=O) groups is 1. The van der Waals surface area contributed by atoms with Crippen molar-refractivity contribution in [3.8, 4) is 0 Å². The largest absolute Gasteiger partial charge is 0.321 e. The van der Waals surface area contributed by atoms with E-state index in [0.717, 1.165) is 42.2 Å². The number of aromatic nitrogens is 1. The topological polar surface area (TPSA) is 50.9 Å². The molecule has 0 spiro atoms. The molecule has 3 N–H and O–H groups in total. The van der Waals surface area contributed by atoms with Crippen molar-refractivity contribution in [1.82, 2.24) is 0 Å². The number of halogens is 1. The number of pyridine rings is 1. The van der Waals surface area contributed by atoms with E-state index in [1.165, 1.54) is 4.90 Å². The summed E-state index contributed by atoms with van der Waals surface area (Å²) in [4.78, 5) is 19.4. The van der Waals surface area contributed by atoms with E-state index in [2.05, 4.69) is 37.2 Å². The molecule has 0 aliphatic carbocycles. The van der Waals surface area contributed by atoms with E-state index < -0.39 is 0 Å². The minimum absolute atomic E-state index is 0.0597. The molecule has 0 saturated carbocycles. The van der Waals surface area contributed by atoms with Crippen LogP contribution in [0.25, 0.3) is 0 Å². The molecule has 1 fully saturated rings. The maximum Gasteiger partial charge on any atom is 0.282 e. The quantitative estimate of drug-likeness (QED) is 0.817. The van der Waals surface area contributed by atoms with Crippen molar-refractivity contribution in [2.24, 2.45) is 0 Å². The lowest BCUT2D eigenvalue weighted by molar-refractivity contribution is -0.914. The molecule has 3 rings (SSSR count). The molecule has 5 nitrogen and oxygen atoms in total. The Kier molecular flexibility index (Phi) is 5.48. The van der Waals surface area contributed by atoms with Gasteiger partial charge in [0.2, 0.25) is 0 Å². The Labute approximate surface area is 150 Å². The molecule has 2 heterocycles. The number of benzene rings is 1. The third-order valence-corrected chi connectivity index (χ3v) is 5.09. The van der Waals surface area contributed by atoms with Gasteiger partial charge in [0.05, 0.1) is 6.20 Å². The summed E-state index contributed by atoms with van der Waals surface area (Å²) in [5.74, 6) is 1.22. The van der Waals surface area contributed by atoms with Crippen LogP contribution in [0.5, 0.6) is 0 Å². The van der Waals surface area contributed by atoms with E-state index in [1.54, 1.807) is 0 Å². The Balaban J connectivity index is 1.53. The average molecular weight is 391 g/mol. The van der Waals surface area contributed by atoms with Crippen molar-refractivity contribution in [2.45, 2.75) is 13.0 Å². The second kappa shape index (κ2) is 7.77. The third-order valence-electron chi connectivity index (χ3n) is 4.56. The highest BCUT2D eigenvalue weighted by Gasteiger charge is 2.32. The molecule has 1 aromatic carbocycles. The highest BCUT2D eigenvalue weighted by molar-refractivity contribution is 9.10. The van der Waals surface area contributed by atoms with Crippen LogP contribution in [0, 0.1) is 0 Å². The lowest BCUT2D eigenvalue weighted by Crippen LogP contribution is -3.19. The monoisotopic (exact) mass is 390 g/mol. The van der Waals surface area contributed by atoms with Gasteiger partial charge in [0, 0.05) is 16.2 Å². The maximum atomic E-state index is 12.5. The first-order valence-electron chi connectivity index (χ1n) is 8.26. The molecule has 1 aliphatic heterocycles. The van der Waals surface area contributed by atoms with Crippen LogP contribution in [-0.4, -0.2) is 38.1 Å². The summed E-state index contributed by atoms with van der Waals surface area (Å²) in [5.41, 5.74) is 0.840. The molecule has 126 valence electrons. The molecule has 6 heteroatoms. The van der Waals surface area contributed by atoms with Crippen LogP contribution in [0.1, 0.15) is 6.92 Å². The molecule has 2 aromatic rings. The Morgan fingerprint density at radius 3 is 2.54 bits per heavy atom. The van der Waals surface area contributed by atoms with Gasteiger partial charge >= 0.3 is 0 Å². The Morgan fingerprint density at radius 2 is 1.92 bits per heavy atom. The first-order valence-corrected chi connectivity index (χ1v) is 9.05. The van der Waals surface area contributed by atoms with Gasteiger partial charge in [-0.2, -0.15) is 0 Å². The minimum atomic E-state index is -0.0597. The van der Waals surface area contributed by atoms with Crippen molar-refractivity contribution in [3.63, 3.8) is 0 Å². The zero-order valence-corrected chi connectivity index (χ0v) is 15.3. The molecular formula is C18H23BrN4O+2. The number of hydrogen-bond acceptors (Lipinski definition) is 2. The smallest absolute Gasteiger partial charge is 0.282 e. The molecule has 1 amide bonds. The Bertz CT molecular complexity index is 669. The number of nitrogens with one attached hydrogen (secondary N) is 3. The molecule has 1 atom stereocenters. The van der Waals surface area contributed by atoms with Crippen LogP contribution >= 0.6 is 15.9 Å². The molecule has 1 saturated heterocycles. The maximum absolute atomic E-state index is 12.5. The van der Waals surface area contributed by atoms with Crippen molar-refractivity contribution in [2.75, 3.05) is 36.4 Å². The lowest BCUT2D eigenvalue weighted by Gasteiger charge is -2.31. The molecule has 24 heavy (non-hydrogen) atoms. The molecule has 0 radical (unpaired) electrons. The standard InChI is InChI=1S/C18H21BrN4O/c1-14(18(24)21-16-7-5-15(19)6-8-16)22-10-12-23(13-11-22)17-4-2-3-9-20-17/h2-9,14H,10-13H2,1H3,(H,21,24)/p+2/t14-/m0/s1. The van der Waals surface area contributed by atoms with E-state index in [-0.39, 0.29) is 11.9 Å². The van der Waals surface area contributed by atoms with E-state index in [9.17, 15) is 4.79 Å². The van der Waals surface area contributed by atoms with Gasteiger partial charge in [-0.25, -0.2) is 4.98 Å². The van der Waals surface area contributed by atoms with Crippen LogP contribution in [0.15, 0.2) is 53.1 Å². The minimum Gasteiger partial charge on any atom is -0.321 e. The van der Waals surface area contributed by atoms with E-state index in [4.69, 9.17) is 0 Å². The van der Waals surface area contributed by atoms with Gasteiger partial charge in [0.25, 0.3) is 11.7 Å². The molecular weight excluding hydrogens is 368 g/mol. The molecule has 1 aromatic heterocycles. The Hall–Kier alpha value is -1.92. The van der Waals surface area contributed by atoms with Crippen LogP contribution in [0.4, 0.5) is 11.5 Å². The number of aromatic amines is 1. The average Bonchev–Trinajstić information content (AvgIpc) is 2.64. The second-order valence-electron chi connectivity index (χ2n) is 6.11. The van der Waals surface area contributed by atoms with Crippen molar-refractivity contribution >= 4 is 33.3 Å². The van der Waals surface area contributed by atoms with E-state index in [1.807, 2.05) is 49.5 Å². The normalized spacial score (nSPS) is 16.7. The van der Waals surface area contributed by atoms with Crippen LogP contribution in [0.3, 0.4) is 0 Å². The van der Waals surface area contributed by atoms with Gasteiger partial charge in [-0.15, -0.1) is 0 Å². The second-order valence-corrected chi connectivity index (χ2v) is 7.03. The number of H-pyrrole nitrogens is 1. The predicted molar refractivity (Wildman–Crippen MR) is 98.1 cm³/mol. The number of carbonyl (C=O) groups excluding carboxylic acids is 1. The molecule has 0 bridgehead atoms. The highest BCUT2D eigenvalue weighted by atomic mass is 79.9. The van der Waals surface area contributed by atoms with Crippen molar-refractivity contribution < 1.29 is 14.7 Å². The van der Waals surface area contributed by atoms with Gasteiger partial charge in [-0.3, -0.25) is 9.69 Å². The lowest BCUT2D eigenvalue weighted by atomic mass is 10.2. The number of amides is 1. The fourth-order valence-electron chi connectivity index (χ4n) is 3.02. The van der Waals surface area contributed by atoms with E-state index >= 15 is 0 Å². The zero-order valence-electron chi connectivity index (χ0n) is 13.8. The van der Waals surface area contributed by atoms with Gasteiger partial charge in [0.15, 0.2) is 6.04 Å². The number of nitrogens with zero attached hydrogens (tertiary/aromatic N) is 1. The van der Waals surface area contributed by atoms with E-state index in [0.29, 0.717) is 0 Å². The van der Waals surface area contributed by atoms with Crippen molar-refractivity contribution in [1.29, 1.82) is 0 Å². The first-order chi connectivity index (χ1) is 11.6. The van der Waals surface area contributed by atoms with Crippen LogP contribution in [0.2, 0.25) is 0 Å². The fraction of sp³-hybridized carbons (Fsp3) is 0.333. The predicted octanol–water partition coefficient (Wildman–Crippen LogP) is 0.995. The summed E-state index contributed by atoms with van der Waals surface area (Å²) >= 11 is 3.40. The summed E-state index contributed by atoms with van der Waals surface area (Å²) in [7, 11) is 0. The zero-order chi connectivity index (χ0) is 16.9. The van der Waals surface area contributed by atoms with Crippen LogP contribution < -0.4 is 20.1 Å². The molecule has 0 unspecified atom stereocenters. The summed E-state index contributed by atoms with van der Waals surface area (Å²) < 4.78 is 1.01. The highest BCUT2D eigenvalue weighted by Crippen LogP contribution is 2.14. The number of hydrogen-bond donors (Lipinski definition) is 2. The van der Waals surface area contributed by atoms with Crippen molar-refractivity contribution in [3.05, 3.63) is 53.1 Å².